The van der Waals surface area contributed by atoms with Crippen LogP contribution in [-0.4, -0.2) is 79.9 Å². The third-order valence-corrected chi connectivity index (χ3v) is 11.0. The zero-order valence-corrected chi connectivity index (χ0v) is 31.4. The molecule has 0 aliphatic carbocycles. The molecule has 6 heterocycles. The Morgan fingerprint density at radius 2 is 1.71 bits per heavy atom. The lowest BCUT2D eigenvalue weighted by Crippen LogP contribution is -2.47. The van der Waals surface area contributed by atoms with Crippen LogP contribution < -0.4 is 19.7 Å². The Morgan fingerprint density at radius 3 is 2.47 bits per heavy atom. The molecule has 12 nitrogen and oxygen atoms in total. The van der Waals surface area contributed by atoms with E-state index in [0.29, 0.717) is 67.9 Å². The second-order valence-electron chi connectivity index (χ2n) is 15.1. The summed E-state index contributed by atoms with van der Waals surface area (Å²) in [6.07, 6.45) is 5.98. The van der Waals surface area contributed by atoms with Crippen molar-refractivity contribution in [2.45, 2.75) is 65.0 Å². The number of anilines is 2. The number of benzene rings is 2. The van der Waals surface area contributed by atoms with Crippen LogP contribution in [0, 0.1) is 30.4 Å². The molecule has 3 aliphatic rings. The molecular weight excluding hydrogens is 706 g/mol. The second-order valence-corrected chi connectivity index (χ2v) is 15.1. The van der Waals surface area contributed by atoms with E-state index in [1.807, 2.05) is 24.9 Å². The topological polar surface area (TPSA) is 120 Å². The van der Waals surface area contributed by atoms with Crippen molar-refractivity contribution in [1.82, 2.24) is 29.2 Å². The first-order valence-corrected chi connectivity index (χ1v) is 19.2. The average molecular weight is 753 g/mol. The van der Waals surface area contributed by atoms with Gasteiger partial charge < -0.3 is 23.8 Å². The summed E-state index contributed by atoms with van der Waals surface area (Å²) in [5, 5.41) is 7.51. The lowest BCUT2D eigenvalue weighted by molar-refractivity contribution is -0.138. The van der Waals surface area contributed by atoms with Gasteiger partial charge >= 0.3 is 0 Å². The van der Waals surface area contributed by atoms with Crippen molar-refractivity contribution in [3.63, 3.8) is 0 Å². The molecular formula is C41H46F2N8O4. The van der Waals surface area contributed by atoms with E-state index in [2.05, 4.69) is 38.9 Å². The van der Waals surface area contributed by atoms with Crippen LogP contribution in [0.5, 0.6) is 11.6 Å². The van der Waals surface area contributed by atoms with Crippen molar-refractivity contribution >= 4 is 34.5 Å². The van der Waals surface area contributed by atoms with Gasteiger partial charge in [-0.15, -0.1) is 0 Å². The summed E-state index contributed by atoms with van der Waals surface area (Å²) >= 11 is 0. The third kappa shape index (κ3) is 7.85. The monoisotopic (exact) mass is 752 g/mol. The van der Waals surface area contributed by atoms with Gasteiger partial charge in [0, 0.05) is 93.7 Å². The third-order valence-electron chi connectivity index (χ3n) is 11.0. The first-order chi connectivity index (χ1) is 26.6. The number of carbonyl (C=O) groups is 2. The number of nitrogens with one attached hydrogen (secondary N) is 1. The van der Waals surface area contributed by atoms with Crippen molar-refractivity contribution in [2.75, 3.05) is 43.0 Å². The molecule has 3 aliphatic heterocycles. The summed E-state index contributed by atoms with van der Waals surface area (Å²) in [5.74, 6) is 0.0453. The quantitative estimate of drug-likeness (QED) is 0.214. The number of likely N-dealkylation sites (tertiary alicyclic amines) is 1. The van der Waals surface area contributed by atoms with Crippen molar-refractivity contribution in [1.29, 1.82) is 0 Å². The number of rotatable bonds is 4. The number of imidazole rings is 1. The van der Waals surface area contributed by atoms with Crippen LogP contribution in [0.4, 0.5) is 20.4 Å². The Morgan fingerprint density at radius 1 is 0.945 bits per heavy atom. The number of pyridine rings is 1. The minimum Gasteiger partial charge on any atom is -0.490 e. The van der Waals surface area contributed by atoms with Crippen LogP contribution in [0.3, 0.4) is 0 Å². The summed E-state index contributed by atoms with van der Waals surface area (Å²) in [7, 11) is 1.84. The molecule has 2 saturated heterocycles. The van der Waals surface area contributed by atoms with Crippen LogP contribution in [0.25, 0.3) is 22.3 Å². The van der Waals surface area contributed by atoms with Crippen LogP contribution in [-0.2, 0) is 18.4 Å². The maximum atomic E-state index is 13.8. The number of nitrogens with zero attached hydrogens (tertiary/aromatic N) is 7. The van der Waals surface area contributed by atoms with Crippen molar-refractivity contribution in [2.24, 2.45) is 18.9 Å². The van der Waals surface area contributed by atoms with Gasteiger partial charge in [-0.25, -0.2) is 18.4 Å². The summed E-state index contributed by atoms with van der Waals surface area (Å²) in [4.78, 5) is 41.2. The van der Waals surface area contributed by atoms with E-state index in [9.17, 15) is 18.4 Å². The smallest absolute Gasteiger partial charge is 0.258 e. The van der Waals surface area contributed by atoms with Gasteiger partial charge in [0.25, 0.3) is 5.91 Å². The zero-order valence-electron chi connectivity index (χ0n) is 31.4. The number of hydrogen-bond acceptors (Lipinski definition) is 8. The molecule has 2 aromatic carbocycles. The fraction of sp³-hybridized carbons (Fsp3) is 0.439. The van der Waals surface area contributed by atoms with Gasteiger partial charge in [-0.2, -0.15) is 5.10 Å². The maximum Gasteiger partial charge on any atom is 0.258 e. The Bertz CT molecular complexity index is 2200. The SMILES string of the molecule is Cc1cc2cc(n1)-c1cnn(C)c1OCCC[C@@H](C)Cn1c(nc3ccc(N4CCC(C(=O)N5CCC(Oc6cc(F)cc(F)c6)CC5)CC4)cc31)NC2=O. The lowest BCUT2D eigenvalue weighted by Gasteiger charge is -2.38. The van der Waals surface area contributed by atoms with Gasteiger partial charge in [0.1, 0.15) is 23.5 Å². The molecule has 2 fully saturated rings. The average Bonchev–Trinajstić information content (AvgIpc) is 3.70. The van der Waals surface area contributed by atoms with E-state index in [-0.39, 0.29) is 35.5 Å². The number of carbonyl (C=O) groups excluding carboxylic acids is 2. The van der Waals surface area contributed by atoms with Crippen LogP contribution in [0.1, 0.15) is 61.5 Å². The predicted octanol–water partition coefficient (Wildman–Crippen LogP) is 6.77. The van der Waals surface area contributed by atoms with E-state index < -0.39 is 11.6 Å². The zero-order chi connectivity index (χ0) is 38.2. The molecule has 2 amide bonds. The summed E-state index contributed by atoms with van der Waals surface area (Å²) < 4.78 is 43.1. The molecule has 0 saturated carbocycles. The normalized spacial score (nSPS) is 18.9. The largest absolute Gasteiger partial charge is 0.490 e. The fourth-order valence-electron chi connectivity index (χ4n) is 8.10. The Kier molecular flexibility index (Phi) is 10.1. The number of ether oxygens (including phenoxy) is 2. The number of piperidine rings is 2. The lowest BCUT2D eigenvalue weighted by atomic mass is 9.93. The summed E-state index contributed by atoms with van der Waals surface area (Å²) in [5.41, 5.74) is 5.32. The number of hydrogen-bond donors (Lipinski definition) is 1. The van der Waals surface area contributed by atoms with E-state index in [0.717, 1.165) is 67.1 Å². The first kappa shape index (κ1) is 36.4. The molecule has 1 N–H and O–H groups in total. The molecule has 288 valence electrons. The highest BCUT2D eigenvalue weighted by atomic mass is 19.1. The van der Waals surface area contributed by atoms with Gasteiger partial charge in [0.05, 0.1) is 35.1 Å². The molecule has 0 unspecified atom stereocenters. The van der Waals surface area contributed by atoms with E-state index in [4.69, 9.17) is 19.4 Å². The van der Waals surface area contributed by atoms with E-state index in [1.54, 1.807) is 23.0 Å². The predicted molar refractivity (Wildman–Crippen MR) is 204 cm³/mol. The Balaban J connectivity index is 0.956. The molecule has 2 bridgehead atoms. The number of fused-ring (bicyclic) bond motifs is 7. The van der Waals surface area contributed by atoms with Crippen molar-refractivity contribution in [3.05, 3.63) is 77.6 Å². The molecule has 0 spiro atoms. The minimum absolute atomic E-state index is 0.0654. The number of aryl methyl sites for hydroxylation is 2. The van der Waals surface area contributed by atoms with Crippen LogP contribution in [0.15, 0.2) is 54.7 Å². The number of aromatic nitrogens is 5. The van der Waals surface area contributed by atoms with Crippen molar-refractivity contribution in [3.8, 4) is 22.9 Å². The van der Waals surface area contributed by atoms with Crippen LogP contribution >= 0.6 is 0 Å². The molecule has 5 aromatic rings. The van der Waals surface area contributed by atoms with Gasteiger partial charge in [-0.3, -0.25) is 19.9 Å². The summed E-state index contributed by atoms with van der Waals surface area (Å²) in [6, 6.07) is 13.0. The highest BCUT2D eigenvalue weighted by Gasteiger charge is 2.32. The number of halogens is 2. The highest BCUT2D eigenvalue weighted by Crippen LogP contribution is 2.33. The standard InChI is InChI=1S/C41H46F2N8O4/c1-25-5-4-16-54-40-34(23-44-48(40)3)36-18-28(17-26(2)45-36)38(52)47-41-46-35-7-6-31(22-37(35)51(41)24-25)49-12-8-27(9-13-49)39(53)50-14-10-32(11-15-50)55-33-20-29(42)19-30(43)21-33/h6-7,17-23,25,27,32H,4-5,8-16,24H2,1-3H3,(H,46,47,52)/t25-/m1/s1. The minimum atomic E-state index is -0.671. The first-order valence-electron chi connectivity index (χ1n) is 19.2. The van der Waals surface area contributed by atoms with Gasteiger partial charge in [0.15, 0.2) is 0 Å². The van der Waals surface area contributed by atoms with Gasteiger partial charge in [-0.1, -0.05) is 6.92 Å². The molecule has 8 rings (SSSR count). The van der Waals surface area contributed by atoms with Gasteiger partial charge in [0.2, 0.25) is 17.7 Å². The highest BCUT2D eigenvalue weighted by molar-refractivity contribution is 6.05. The molecule has 0 radical (unpaired) electrons. The molecule has 55 heavy (non-hydrogen) atoms. The van der Waals surface area contributed by atoms with Crippen LogP contribution in [0.2, 0.25) is 0 Å². The Hall–Kier alpha value is -5.53. The second kappa shape index (κ2) is 15.3. The molecule has 14 heteroatoms. The Labute approximate surface area is 318 Å². The van der Waals surface area contributed by atoms with Crippen molar-refractivity contribution < 1.29 is 27.8 Å². The molecule has 3 aromatic heterocycles. The fourth-order valence-corrected chi connectivity index (χ4v) is 8.10. The van der Waals surface area contributed by atoms with E-state index >= 15 is 0 Å². The van der Waals surface area contributed by atoms with Gasteiger partial charge in [-0.05, 0) is 68.9 Å². The maximum absolute atomic E-state index is 13.8. The number of amides is 2. The van der Waals surface area contributed by atoms with E-state index in [1.165, 1.54) is 12.1 Å². The summed E-state index contributed by atoms with van der Waals surface area (Å²) in [6.45, 7) is 7.84. The molecule has 1 atom stereocenters.